The van der Waals surface area contributed by atoms with Gasteiger partial charge in [-0.15, -0.1) is 0 Å². The number of benzene rings is 2. The molecular weight excluding hydrogens is 484 g/mol. The Morgan fingerprint density at radius 2 is 1.46 bits per heavy atom. The topological polar surface area (TPSA) is 65.1 Å². The van der Waals surface area contributed by atoms with Gasteiger partial charge in [0, 0.05) is 6.61 Å². The van der Waals surface area contributed by atoms with Crippen LogP contribution in [0.15, 0.2) is 60.7 Å². The van der Waals surface area contributed by atoms with Crippen LogP contribution in [0.5, 0.6) is 0 Å². The Hall–Kier alpha value is -2.64. The fourth-order valence-electron chi connectivity index (χ4n) is 4.23. The first-order valence-corrected chi connectivity index (χ1v) is 16.1. The molecule has 37 heavy (non-hydrogen) atoms. The average molecular weight is 528 g/mol. The van der Waals surface area contributed by atoms with Crippen LogP contribution in [-0.4, -0.2) is 43.5 Å². The Morgan fingerprint density at radius 3 is 1.97 bits per heavy atom. The van der Waals surface area contributed by atoms with Crippen molar-refractivity contribution in [1.29, 1.82) is 0 Å². The number of nitrogens with zero attached hydrogens (tertiary/aromatic N) is 1. The molecule has 1 unspecified atom stereocenters. The number of hydrogen-bond acceptors (Lipinski definition) is 5. The molecule has 1 amide bonds. The maximum Gasteiger partial charge on any atom is 0.411 e. The number of esters is 1. The van der Waals surface area contributed by atoms with E-state index in [9.17, 15) is 9.59 Å². The molecule has 6 nitrogen and oxygen atoms in total. The fourth-order valence-corrected chi connectivity index (χ4v) is 5.32. The largest absolute Gasteiger partial charge is 0.453 e. The number of carbonyl (C=O) groups is 2. The Balaban J connectivity index is 1.96. The van der Waals surface area contributed by atoms with Crippen molar-refractivity contribution in [3.05, 3.63) is 71.8 Å². The summed E-state index contributed by atoms with van der Waals surface area (Å²) in [5.74, 6) is -0.417. The molecule has 1 heterocycles. The van der Waals surface area contributed by atoms with E-state index in [1.807, 2.05) is 81.4 Å². The van der Waals surface area contributed by atoms with Gasteiger partial charge in [0.15, 0.2) is 14.4 Å². The zero-order chi connectivity index (χ0) is 27.4. The van der Waals surface area contributed by atoms with Gasteiger partial charge in [0.05, 0.1) is 0 Å². The van der Waals surface area contributed by atoms with Crippen molar-refractivity contribution < 1.29 is 23.5 Å². The first-order chi connectivity index (χ1) is 17.2. The van der Waals surface area contributed by atoms with Gasteiger partial charge in [-0.3, -0.25) is 4.90 Å². The van der Waals surface area contributed by atoms with Crippen LogP contribution in [0.2, 0.25) is 18.1 Å². The van der Waals surface area contributed by atoms with Crippen molar-refractivity contribution in [1.82, 2.24) is 4.90 Å². The maximum atomic E-state index is 13.7. The van der Waals surface area contributed by atoms with Crippen LogP contribution in [0.3, 0.4) is 0 Å². The first-order valence-electron chi connectivity index (χ1n) is 13.2. The highest BCUT2D eigenvalue weighted by molar-refractivity contribution is 6.74. The molecule has 1 fully saturated rings. The molecule has 2 aromatic carbocycles. The molecule has 7 heteroatoms. The van der Waals surface area contributed by atoms with Crippen LogP contribution in [0.25, 0.3) is 0 Å². The third-order valence-corrected chi connectivity index (χ3v) is 11.7. The maximum absolute atomic E-state index is 13.7. The van der Waals surface area contributed by atoms with Gasteiger partial charge < -0.3 is 13.9 Å². The van der Waals surface area contributed by atoms with Gasteiger partial charge in [0.1, 0.15) is 17.7 Å². The average Bonchev–Trinajstić information content (AvgIpc) is 2.81. The molecule has 3 atom stereocenters. The molecule has 1 aliphatic heterocycles. The minimum atomic E-state index is -1.92. The van der Waals surface area contributed by atoms with Crippen LogP contribution >= 0.6 is 0 Å². The number of carbonyl (C=O) groups excluding carboxylic acids is 2. The zero-order valence-corrected chi connectivity index (χ0v) is 24.6. The summed E-state index contributed by atoms with van der Waals surface area (Å²) in [5, 5.41) is 0.0978. The summed E-state index contributed by atoms with van der Waals surface area (Å²) in [6.45, 7) is 17.1. The van der Waals surface area contributed by atoms with Crippen molar-refractivity contribution in [2.75, 3.05) is 6.61 Å². The normalized spacial score (nSPS) is 20.9. The van der Waals surface area contributed by atoms with Gasteiger partial charge in [-0.05, 0) is 62.9 Å². The summed E-state index contributed by atoms with van der Waals surface area (Å²) < 4.78 is 18.3. The van der Waals surface area contributed by atoms with Crippen LogP contribution < -0.4 is 0 Å². The lowest BCUT2D eigenvalue weighted by Gasteiger charge is -2.45. The van der Waals surface area contributed by atoms with Gasteiger partial charge in [-0.2, -0.15) is 0 Å². The number of morpholine rings is 1. The van der Waals surface area contributed by atoms with E-state index in [2.05, 4.69) is 33.9 Å². The molecule has 2 aromatic rings. The smallest absolute Gasteiger partial charge is 0.411 e. The highest BCUT2D eigenvalue weighted by atomic mass is 28.4. The van der Waals surface area contributed by atoms with E-state index >= 15 is 0 Å². The van der Waals surface area contributed by atoms with Crippen LogP contribution in [0.1, 0.15) is 77.7 Å². The fraction of sp³-hybridized carbons (Fsp3) is 0.533. The van der Waals surface area contributed by atoms with Gasteiger partial charge in [0.2, 0.25) is 0 Å². The SMILES string of the molecule is CC(C)(C)OC(=O)N1C([13CH2]CCO[Si](C)(C)C(C)(C)C)[13C](=O)O[C@H](c2ccccc2)[C@@H]1c1ccccc1. The summed E-state index contributed by atoms with van der Waals surface area (Å²) in [5.41, 5.74) is 1.01. The molecule has 1 saturated heterocycles. The summed E-state index contributed by atoms with van der Waals surface area (Å²) in [6.07, 6.45) is -0.113. The monoisotopic (exact) mass is 527 g/mol. The van der Waals surface area contributed by atoms with Crippen LogP contribution in [0, 0.1) is 0 Å². The minimum Gasteiger partial charge on any atom is -0.453 e. The van der Waals surface area contributed by atoms with E-state index in [1.165, 1.54) is 0 Å². The molecule has 0 radical (unpaired) electrons. The molecule has 202 valence electrons. The van der Waals surface area contributed by atoms with Crippen LogP contribution in [0.4, 0.5) is 4.79 Å². The lowest BCUT2D eigenvalue weighted by atomic mass is 9.93. The third-order valence-electron chi connectivity index (χ3n) is 7.20. The number of hydrogen-bond donors (Lipinski definition) is 0. The van der Waals surface area contributed by atoms with Gasteiger partial charge >= 0.3 is 12.1 Å². The summed E-state index contributed by atoms with van der Waals surface area (Å²) in [4.78, 5) is 28.8. The van der Waals surface area contributed by atoms with E-state index in [-0.39, 0.29) is 5.04 Å². The summed E-state index contributed by atoms with van der Waals surface area (Å²) in [7, 11) is -1.92. The highest BCUT2D eigenvalue weighted by Gasteiger charge is 2.49. The zero-order valence-electron chi connectivity index (χ0n) is 23.6. The molecule has 1 aliphatic rings. The molecular formula is C30H43NO5Si. The van der Waals surface area contributed by atoms with E-state index in [0.29, 0.717) is 19.4 Å². The Labute approximate surface area is 223 Å². The number of ether oxygens (including phenoxy) is 2. The van der Waals surface area contributed by atoms with Crippen molar-refractivity contribution in [2.24, 2.45) is 0 Å². The Kier molecular flexibility index (Phi) is 8.91. The molecule has 0 saturated carbocycles. The lowest BCUT2D eigenvalue weighted by Crippen LogP contribution is -2.55. The quantitative estimate of drug-likeness (QED) is 0.162. The number of rotatable bonds is 7. The second-order valence-corrected chi connectivity index (χ2v) is 17.1. The molecule has 0 N–H and O–H groups in total. The van der Waals surface area contributed by atoms with E-state index in [1.54, 1.807) is 4.90 Å². The van der Waals surface area contributed by atoms with Crippen molar-refractivity contribution in [3.63, 3.8) is 0 Å². The minimum absolute atomic E-state index is 0.0978. The molecule has 0 spiro atoms. The first kappa shape index (κ1) is 28.9. The van der Waals surface area contributed by atoms with Crippen molar-refractivity contribution in [3.8, 4) is 0 Å². The second-order valence-electron chi connectivity index (χ2n) is 12.3. The van der Waals surface area contributed by atoms with Crippen LogP contribution in [-0.2, 0) is 18.7 Å². The number of amides is 1. The standard InChI is InChI=1S/C30H43NO5Si/c1-29(2,3)36-28(33)31-24(20-15-21-34-37(7,8)30(4,5)6)27(32)35-26(23-18-13-10-14-19-23)25(31)22-16-11-9-12-17-22/h9-14,16-19,24-26H,15,20-21H2,1-8H3/t24?,25-,26+/m0/s1/i20+1,27+1. The van der Waals surface area contributed by atoms with E-state index in [0.717, 1.165) is 11.1 Å². The van der Waals surface area contributed by atoms with Gasteiger partial charge in [-0.1, -0.05) is 81.4 Å². The highest BCUT2D eigenvalue weighted by Crippen LogP contribution is 2.44. The lowest BCUT2D eigenvalue weighted by molar-refractivity contribution is -0.174. The predicted octanol–water partition coefficient (Wildman–Crippen LogP) is 7.43. The van der Waals surface area contributed by atoms with E-state index in [4.69, 9.17) is 13.9 Å². The Bertz CT molecular complexity index is 1040. The van der Waals surface area contributed by atoms with Crippen molar-refractivity contribution >= 4 is 20.4 Å². The van der Waals surface area contributed by atoms with E-state index < -0.39 is 44.2 Å². The molecule has 0 bridgehead atoms. The molecule has 0 aromatic heterocycles. The number of cyclic esters (lactones) is 1. The molecule has 0 aliphatic carbocycles. The van der Waals surface area contributed by atoms with Gasteiger partial charge in [0.25, 0.3) is 0 Å². The molecule has 3 rings (SSSR count). The summed E-state index contributed by atoms with van der Waals surface area (Å²) >= 11 is 0. The van der Waals surface area contributed by atoms with Crippen molar-refractivity contribution in [2.45, 2.75) is 96.3 Å². The third kappa shape index (κ3) is 7.23. The van der Waals surface area contributed by atoms with Gasteiger partial charge in [-0.25, -0.2) is 9.59 Å². The Morgan fingerprint density at radius 1 is 0.919 bits per heavy atom. The summed E-state index contributed by atoms with van der Waals surface area (Å²) in [6, 6.07) is 18.0. The second kappa shape index (κ2) is 11.4. The predicted molar refractivity (Wildman–Crippen MR) is 149 cm³/mol.